The van der Waals surface area contributed by atoms with Crippen molar-refractivity contribution < 1.29 is 5.11 Å². The molecule has 0 saturated heterocycles. The number of aromatic nitrogens is 1. The average molecular weight is 236 g/mol. The summed E-state index contributed by atoms with van der Waals surface area (Å²) in [5.74, 6) is -0.0317. The van der Waals surface area contributed by atoms with Gasteiger partial charge < -0.3 is 10.8 Å². The van der Waals surface area contributed by atoms with E-state index in [1.807, 2.05) is 37.9 Å². The monoisotopic (exact) mass is 236 g/mol. The highest BCUT2D eigenvalue weighted by atomic mass is 16.3. The minimum atomic E-state index is -0.316. The minimum absolute atomic E-state index is 0.0317. The maximum Gasteiger partial charge on any atom is 0.142 e. The van der Waals surface area contributed by atoms with Crippen LogP contribution in [-0.2, 0) is 6.54 Å². The SMILES string of the molecule is CN(Cc1cccnc1C(=N)N)C(C)(C)CO. The zero-order chi connectivity index (χ0) is 13.1. The van der Waals surface area contributed by atoms with E-state index in [1.54, 1.807) is 6.20 Å². The molecule has 17 heavy (non-hydrogen) atoms. The molecule has 0 spiro atoms. The lowest BCUT2D eigenvalue weighted by Gasteiger charge is -2.34. The Hall–Kier alpha value is -1.46. The Morgan fingerprint density at radius 3 is 2.76 bits per heavy atom. The second kappa shape index (κ2) is 5.25. The van der Waals surface area contributed by atoms with Crippen LogP contribution in [0.2, 0.25) is 0 Å². The van der Waals surface area contributed by atoms with E-state index in [1.165, 1.54) is 0 Å². The van der Waals surface area contributed by atoms with E-state index < -0.39 is 0 Å². The van der Waals surface area contributed by atoms with Crippen molar-refractivity contribution in [2.24, 2.45) is 5.73 Å². The molecule has 0 aromatic carbocycles. The van der Waals surface area contributed by atoms with Gasteiger partial charge in [-0.05, 0) is 32.5 Å². The lowest BCUT2D eigenvalue weighted by atomic mass is 10.0. The van der Waals surface area contributed by atoms with Gasteiger partial charge in [0.2, 0.25) is 0 Å². The Balaban J connectivity index is 2.92. The van der Waals surface area contributed by atoms with Gasteiger partial charge in [0.25, 0.3) is 0 Å². The van der Waals surface area contributed by atoms with Crippen LogP contribution >= 0.6 is 0 Å². The van der Waals surface area contributed by atoms with Crippen LogP contribution < -0.4 is 5.73 Å². The summed E-state index contributed by atoms with van der Waals surface area (Å²) in [6.45, 7) is 4.57. The van der Waals surface area contributed by atoms with Gasteiger partial charge >= 0.3 is 0 Å². The van der Waals surface area contributed by atoms with Crippen molar-refractivity contribution in [1.82, 2.24) is 9.88 Å². The number of aliphatic hydroxyl groups excluding tert-OH is 1. The van der Waals surface area contributed by atoms with Crippen molar-refractivity contribution >= 4 is 5.84 Å². The highest BCUT2D eigenvalue weighted by molar-refractivity contribution is 5.94. The fraction of sp³-hybridized carbons (Fsp3) is 0.500. The first-order chi connectivity index (χ1) is 7.88. The van der Waals surface area contributed by atoms with E-state index >= 15 is 0 Å². The quantitative estimate of drug-likeness (QED) is 0.515. The van der Waals surface area contributed by atoms with Crippen molar-refractivity contribution in [2.45, 2.75) is 25.9 Å². The van der Waals surface area contributed by atoms with E-state index in [2.05, 4.69) is 4.98 Å². The molecule has 1 aromatic heterocycles. The van der Waals surface area contributed by atoms with Gasteiger partial charge in [-0.3, -0.25) is 15.3 Å². The summed E-state index contributed by atoms with van der Waals surface area (Å²) in [6.07, 6.45) is 1.62. The van der Waals surface area contributed by atoms with Gasteiger partial charge in [0, 0.05) is 18.3 Å². The lowest BCUT2D eigenvalue weighted by Crippen LogP contribution is -2.44. The van der Waals surface area contributed by atoms with E-state index in [4.69, 9.17) is 11.1 Å². The Labute approximate surface area is 102 Å². The third-order valence-corrected chi connectivity index (χ3v) is 2.97. The van der Waals surface area contributed by atoms with Gasteiger partial charge in [-0.1, -0.05) is 6.07 Å². The van der Waals surface area contributed by atoms with Gasteiger partial charge in [0.05, 0.1) is 6.61 Å². The molecule has 1 aromatic rings. The average Bonchev–Trinajstić information content (AvgIpc) is 2.29. The highest BCUT2D eigenvalue weighted by Crippen LogP contribution is 2.16. The van der Waals surface area contributed by atoms with E-state index in [0.717, 1.165) is 5.56 Å². The second-order valence-corrected chi connectivity index (χ2v) is 4.75. The molecule has 0 amide bonds. The van der Waals surface area contributed by atoms with Crippen LogP contribution in [0.1, 0.15) is 25.1 Å². The van der Waals surface area contributed by atoms with Crippen molar-refractivity contribution in [1.29, 1.82) is 5.41 Å². The zero-order valence-electron chi connectivity index (χ0n) is 10.6. The van der Waals surface area contributed by atoms with Crippen molar-refractivity contribution in [3.63, 3.8) is 0 Å². The van der Waals surface area contributed by atoms with Crippen molar-refractivity contribution in [3.8, 4) is 0 Å². The normalized spacial score (nSPS) is 11.8. The molecule has 0 saturated carbocycles. The summed E-state index contributed by atoms with van der Waals surface area (Å²) < 4.78 is 0. The Morgan fingerprint density at radius 2 is 2.24 bits per heavy atom. The molecule has 0 aliphatic heterocycles. The summed E-state index contributed by atoms with van der Waals surface area (Å²) in [4.78, 5) is 6.11. The smallest absolute Gasteiger partial charge is 0.142 e. The highest BCUT2D eigenvalue weighted by Gasteiger charge is 2.23. The molecule has 0 bridgehead atoms. The minimum Gasteiger partial charge on any atom is -0.394 e. The number of rotatable bonds is 5. The van der Waals surface area contributed by atoms with Crippen LogP contribution in [0, 0.1) is 5.41 Å². The predicted molar refractivity (Wildman–Crippen MR) is 67.9 cm³/mol. The molecular weight excluding hydrogens is 216 g/mol. The van der Waals surface area contributed by atoms with Crippen molar-refractivity contribution in [3.05, 3.63) is 29.6 Å². The number of nitrogen functional groups attached to an aromatic ring is 1. The maximum absolute atomic E-state index is 9.30. The van der Waals surface area contributed by atoms with Gasteiger partial charge in [-0.2, -0.15) is 0 Å². The van der Waals surface area contributed by atoms with E-state index in [0.29, 0.717) is 12.2 Å². The molecule has 0 unspecified atom stereocenters. The second-order valence-electron chi connectivity index (χ2n) is 4.75. The summed E-state index contributed by atoms with van der Waals surface area (Å²) in [5.41, 5.74) is 6.57. The third kappa shape index (κ3) is 3.25. The number of pyridine rings is 1. The van der Waals surface area contributed by atoms with Crippen LogP contribution in [0.4, 0.5) is 0 Å². The molecule has 0 radical (unpaired) electrons. The number of aliphatic hydroxyl groups is 1. The first-order valence-corrected chi connectivity index (χ1v) is 5.49. The van der Waals surface area contributed by atoms with Crippen LogP contribution in [0.3, 0.4) is 0 Å². The summed E-state index contributed by atoms with van der Waals surface area (Å²) in [7, 11) is 1.92. The van der Waals surface area contributed by atoms with Crippen LogP contribution in [0.25, 0.3) is 0 Å². The largest absolute Gasteiger partial charge is 0.394 e. The number of amidine groups is 1. The molecule has 5 nitrogen and oxygen atoms in total. The Kier molecular flexibility index (Phi) is 4.20. The molecule has 0 atom stereocenters. The van der Waals surface area contributed by atoms with E-state index in [9.17, 15) is 5.11 Å². The number of nitrogens with two attached hydrogens (primary N) is 1. The molecule has 0 aliphatic rings. The van der Waals surface area contributed by atoms with Crippen LogP contribution in [-0.4, -0.2) is 40.0 Å². The molecule has 0 fully saturated rings. The number of nitrogens with one attached hydrogen (secondary N) is 1. The Bertz CT molecular complexity index is 403. The first kappa shape index (κ1) is 13.6. The molecule has 1 heterocycles. The number of likely N-dealkylation sites (N-methyl/N-ethyl adjacent to an activating group) is 1. The first-order valence-electron chi connectivity index (χ1n) is 5.49. The molecular formula is C12H20N4O. The zero-order valence-corrected chi connectivity index (χ0v) is 10.6. The summed E-state index contributed by atoms with van der Waals surface area (Å²) in [6, 6.07) is 3.72. The molecule has 4 N–H and O–H groups in total. The lowest BCUT2D eigenvalue weighted by molar-refractivity contribution is 0.0733. The maximum atomic E-state index is 9.30. The molecule has 1 rings (SSSR count). The summed E-state index contributed by atoms with van der Waals surface area (Å²) >= 11 is 0. The Morgan fingerprint density at radius 1 is 1.59 bits per heavy atom. The van der Waals surface area contributed by atoms with Gasteiger partial charge in [0.15, 0.2) is 0 Å². The van der Waals surface area contributed by atoms with Gasteiger partial charge in [0.1, 0.15) is 11.5 Å². The van der Waals surface area contributed by atoms with Crippen LogP contribution in [0.5, 0.6) is 0 Å². The number of hydrogen-bond donors (Lipinski definition) is 3. The predicted octanol–water partition coefficient (Wildman–Crippen LogP) is 0.568. The topological polar surface area (TPSA) is 86.2 Å². The fourth-order valence-electron chi connectivity index (χ4n) is 1.40. The van der Waals surface area contributed by atoms with Gasteiger partial charge in [-0.25, -0.2) is 0 Å². The number of nitrogens with zero attached hydrogens (tertiary/aromatic N) is 2. The third-order valence-electron chi connectivity index (χ3n) is 2.97. The van der Waals surface area contributed by atoms with E-state index in [-0.39, 0.29) is 18.0 Å². The fourth-order valence-corrected chi connectivity index (χ4v) is 1.40. The van der Waals surface area contributed by atoms with Gasteiger partial charge in [-0.15, -0.1) is 0 Å². The summed E-state index contributed by atoms with van der Waals surface area (Å²) in [5, 5.41) is 16.8. The molecule has 0 aliphatic carbocycles. The number of hydrogen-bond acceptors (Lipinski definition) is 4. The van der Waals surface area contributed by atoms with Crippen LogP contribution in [0.15, 0.2) is 18.3 Å². The molecule has 94 valence electrons. The molecule has 5 heteroatoms. The standard InChI is InChI=1S/C12H20N4O/c1-12(2,8-17)16(3)7-9-5-4-6-15-10(9)11(13)14/h4-6,17H,7-8H2,1-3H3,(H3,13,14). The van der Waals surface area contributed by atoms with Crippen molar-refractivity contribution in [2.75, 3.05) is 13.7 Å².